The number of nitro groups is 3. The van der Waals surface area contributed by atoms with E-state index in [-0.39, 0.29) is 0 Å². The highest BCUT2D eigenvalue weighted by Gasteiger charge is 2.55. The van der Waals surface area contributed by atoms with Gasteiger partial charge in [0.2, 0.25) is 6.54 Å². The van der Waals surface area contributed by atoms with E-state index in [1.165, 1.54) is 0 Å². The highest BCUT2D eigenvalue weighted by atomic mass is 16.8. The summed E-state index contributed by atoms with van der Waals surface area (Å²) in [5.74, 6) is -2.94. The molecule has 0 spiro atoms. The van der Waals surface area contributed by atoms with Gasteiger partial charge < -0.3 is 0 Å². The molecule has 0 aliphatic carbocycles. The average molecular weight is 222 g/mol. The maximum absolute atomic E-state index is 10.2. The molecule has 0 aliphatic rings. The molecule has 0 unspecified atom stereocenters. The number of hydrogen-bond donors (Lipinski definition) is 0. The molecular formula is C4H6N4O7. The third-order valence-corrected chi connectivity index (χ3v) is 1.21. The molecule has 0 rings (SSSR count). The topological polar surface area (TPSA) is 151 Å². The van der Waals surface area contributed by atoms with Crippen molar-refractivity contribution in [2.75, 3.05) is 6.54 Å². The van der Waals surface area contributed by atoms with Gasteiger partial charge in [-0.2, -0.15) is 0 Å². The molecule has 0 aromatic carbocycles. The van der Waals surface area contributed by atoms with Gasteiger partial charge in [0, 0.05) is 4.92 Å². The second-order valence-electron chi connectivity index (χ2n) is 2.34. The molecule has 0 aromatic heterocycles. The lowest BCUT2D eigenvalue weighted by atomic mass is 10.5. The normalized spacial score (nSPS) is 11.3. The van der Waals surface area contributed by atoms with Crippen LogP contribution in [0, 0.1) is 30.3 Å². The van der Waals surface area contributed by atoms with Crippen LogP contribution in [0.2, 0.25) is 0 Å². The first-order valence-corrected chi connectivity index (χ1v) is 3.41. The molecule has 0 atom stereocenters. The van der Waals surface area contributed by atoms with E-state index in [1.54, 1.807) is 0 Å². The van der Waals surface area contributed by atoms with Gasteiger partial charge in [-0.3, -0.25) is 35.2 Å². The third-order valence-electron chi connectivity index (χ3n) is 1.21. The Morgan fingerprint density at radius 2 is 1.73 bits per heavy atom. The fourth-order valence-corrected chi connectivity index (χ4v) is 0.370. The zero-order valence-corrected chi connectivity index (χ0v) is 7.43. The van der Waals surface area contributed by atoms with Gasteiger partial charge in [-0.05, 0) is 0 Å². The quantitative estimate of drug-likeness (QED) is 0.254. The Hall–Kier alpha value is -2.33. The lowest BCUT2D eigenvalue weighted by Gasteiger charge is -2.07. The van der Waals surface area contributed by atoms with Crippen molar-refractivity contribution < 1.29 is 19.6 Å². The van der Waals surface area contributed by atoms with Gasteiger partial charge in [-0.25, -0.2) is 0 Å². The predicted octanol–water partition coefficient (Wildman–Crippen LogP) is -0.507. The first-order chi connectivity index (χ1) is 6.80. The van der Waals surface area contributed by atoms with E-state index >= 15 is 0 Å². The molecule has 0 saturated carbocycles. The van der Waals surface area contributed by atoms with Crippen molar-refractivity contribution in [3.8, 4) is 0 Å². The standard InChI is InChI=1S/C4H6N4O7/c1-4(7(11)12,8(13)14)15-5-2-3-6(9)10/h2H,3H2,1H3/b5-2-. The van der Waals surface area contributed by atoms with Crippen LogP contribution in [0.3, 0.4) is 0 Å². The van der Waals surface area contributed by atoms with Crippen LogP contribution >= 0.6 is 0 Å². The van der Waals surface area contributed by atoms with Crippen LogP contribution in [0.1, 0.15) is 6.92 Å². The average Bonchev–Trinajstić information content (AvgIpc) is 2.10. The van der Waals surface area contributed by atoms with Gasteiger partial charge in [0.1, 0.15) is 23.0 Å². The molecule has 0 N–H and O–H groups in total. The second kappa shape index (κ2) is 4.78. The van der Waals surface area contributed by atoms with Gasteiger partial charge in [0.15, 0.2) is 0 Å². The fourth-order valence-electron chi connectivity index (χ4n) is 0.370. The van der Waals surface area contributed by atoms with E-state index in [1.807, 2.05) is 0 Å². The molecule has 0 aliphatic heterocycles. The first kappa shape index (κ1) is 12.7. The second-order valence-corrected chi connectivity index (χ2v) is 2.34. The summed E-state index contributed by atoms with van der Waals surface area (Å²) in [5.41, 5.74) is 0. The maximum atomic E-state index is 10.2. The van der Waals surface area contributed by atoms with Crippen molar-refractivity contribution >= 4 is 6.21 Å². The zero-order chi connectivity index (χ0) is 12.1. The van der Waals surface area contributed by atoms with E-state index in [2.05, 4.69) is 9.99 Å². The molecule has 11 heteroatoms. The molecular weight excluding hydrogens is 216 g/mol. The van der Waals surface area contributed by atoms with Crippen molar-refractivity contribution in [3.05, 3.63) is 30.3 Å². The van der Waals surface area contributed by atoms with Crippen LogP contribution in [-0.2, 0) is 4.84 Å². The van der Waals surface area contributed by atoms with Crippen LogP contribution in [0.5, 0.6) is 0 Å². The number of hydrogen-bond acceptors (Lipinski definition) is 8. The van der Waals surface area contributed by atoms with Gasteiger partial charge in [-0.15, -0.1) is 0 Å². The van der Waals surface area contributed by atoms with Crippen LogP contribution in [0.15, 0.2) is 5.16 Å². The van der Waals surface area contributed by atoms with Crippen molar-refractivity contribution in [3.63, 3.8) is 0 Å². The molecule has 0 aromatic rings. The smallest absolute Gasteiger partial charge is 0.264 e. The summed E-state index contributed by atoms with van der Waals surface area (Å²) in [7, 11) is 0. The molecule has 0 amide bonds. The Kier molecular flexibility index (Phi) is 4.04. The Balaban J connectivity index is 4.45. The summed E-state index contributed by atoms with van der Waals surface area (Å²) < 4.78 is 0. The molecule has 0 radical (unpaired) electrons. The van der Waals surface area contributed by atoms with Crippen LogP contribution < -0.4 is 0 Å². The fraction of sp³-hybridized carbons (Fsp3) is 0.750. The van der Waals surface area contributed by atoms with Crippen molar-refractivity contribution in [2.45, 2.75) is 12.8 Å². The molecule has 0 fully saturated rings. The summed E-state index contributed by atoms with van der Waals surface area (Å²) in [6.45, 7) is -0.179. The molecule has 0 heterocycles. The van der Waals surface area contributed by atoms with Crippen LogP contribution in [-0.4, -0.2) is 33.4 Å². The number of oxime groups is 1. The minimum atomic E-state index is -2.94. The predicted molar refractivity (Wildman–Crippen MR) is 43.8 cm³/mol. The lowest BCUT2D eigenvalue weighted by molar-refractivity contribution is -0.846. The summed E-state index contributed by atoms with van der Waals surface area (Å²) in [6, 6.07) is 0. The van der Waals surface area contributed by atoms with Gasteiger partial charge in [-0.1, -0.05) is 5.16 Å². The highest BCUT2D eigenvalue weighted by Crippen LogP contribution is 2.11. The Labute approximate surface area is 81.8 Å². The Morgan fingerprint density at radius 3 is 2.07 bits per heavy atom. The SMILES string of the molecule is CC(O/N=C\C[N+](=O)[O-])([N+](=O)[O-])[N+](=O)[O-]. The largest absolute Gasteiger partial charge is 0.635 e. The number of nitrogens with zero attached hydrogens (tertiary/aromatic N) is 4. The van der Waals surface area contributed by atoms with E-state index in [4.69, 9.17) is 0 Å². The molecule has 15 heavy (non-hydrogen) atoms. The highest BCUT2D eigenvalue weighted by molar-refractivity contribution is 5.57. The van der Waals surface area contributed by atoms with Crippen LogP contribution in [0.25, 0.3) is 0 Å². The van der Waals surface area contributed by atoms with E-state index in [9.17, 15) is 30.3 Å². The van der Waals surface area contributed by atoms with Gasteiger partial charge in [0.25, 0.3) is 0 Å². The molecule has 0 bridgehead atoms. The lowest BCUT2D eigenvalue weighted by Crippen LogP contribution is -2.44. The van der Waals surface area contributed by atoms with E-state index in [0.29, 0.717) is 13.1 Å². The monoisotopic (exact) mass is 222 g/mol. The Morgan fingerprint density at radius 1 is 1.27 bits per heavy atom. The summed E-state index contributed by atoms with van der Waals surface area (Å²) in [4.78, 5) is 30.8. The molecule has 0 saturated heterocycles. The van der Waals surface area contributed by atoms with Gasteiger partial charge >= 0.3 is 5.85 Å². The van der Waals surface area contributed by atoms with E-state index < -0.39 is 27.2 Å². The molecule has 84 valence electrons. The zero-order valence-electron chi connectivity index (χ0n) is 7.43. The third kappa shape index (κ3) is 3.50. The maximum Gasteiger partial charge on any atom is 0.635 e. The minimum Gasteiger partial charge on any atom is -0.264 e. The van der Waals surface area contributed by atoms with Crippen LogP contribution in [0.4, 0.5) is 0 Å². The van der Waals surface area contributed by atoms with Gasteiger partial charge in [0.05, 0.1) is 0 Å². The summed E-state index contributed by atoms with van der Waals surface area (Å²) in [6.07, 6.45) is 0.575. The van der Waals surface area contributed by atoms with Crippen molar-refractivity contribution in [1.82, 2.24) is 0 Å². The van der Waals surface area contributed by atoms with Crippen molar-refractivity contribution in [1.29, 1.82) is 0 Å². The van der Waals surface area contributed by atoms with Crippen molar-refractivity contribution in [2.24, 2.45) is 5.16 Å². The Bertz CT molecular complexity index is 298. The summed E-state index contributed by atoms with van der Waals surface area (Å²) >= 11 is 0. The molecule has 11 nitrogen and oxygen atoms in total. The number of rotatable bonds is 6. The first-order valence-electron chi connectivity index (χ1n) is 3.41. The minimum absolute atomic E-state index is 0.566. The van der Waals surface area contributed by atoms with E-state index in [0.717, 1.165) is 0 Å². The summed E-state index contributed by atoms with van der Waals surface area (Å²) in [5, 5.41) is 33.0.